The summed E-state index contributed by atoms with van der Waals surface area (Å²) in [5, 5.41) is 2.79. The highest BCUT2D eigenvalue weighted by Gasteiger charge is 2.15. The van der Waals surface area contributed by atoms with Gasteiger partial charge in [-0.25, -0.2) is 4.79 Å². The van der Waals surface area contributed by atoms with Gasteiger partial charge in [0.2, 0.25) is 0 Å². The van der Waals surface area contributed by atoms with Gasteiger partial charge in [0.15, 0.2) is 18.1 Å². The molecule has 0 bridgehead atoms. The number of amides is 1. The van der Waals surface area contributed by atoms with Crippen LogP contribution in [0.1, 0.15) is 37.7 Å². The molecule has 0 unspecified atom stereocenters. The highest BCUT2D eigenvalue weighted by Crippen LogP contribution is 2.29. The van der Waals surface area contributed by atoms with Crippen molar-refractivity contribution in [2.45, 2.75) is 38.7 Å². The summed E-state index contributed by atoms with van der Waals surface area (Å²) < 4.78 is 38.9. The lowest BCUT2D eigenvalue weighted by Crippen LogP contribution is -2.33. The number of benzene rings is 1. The number of hydrogen-bond acceptors (Lipinski definition) is 5. The van der Waals surface area contributed by atoms with E-state index in [4.69, 9.17) is 9.47 Å². The van der Waals surface area contributed by atoms with Gasteiger partial charge >= 0.3 is 12.6 Å². The van der Waals surface area contributed by atoms with Crippen molar-refractivity contribution in [3.63, 3.8) is 0 Å². The molecule has 0 atom stereocenters. The van der Waals surface area contributed by atoms with Crippen LogP contribution >= 0.6 is 0 Å². The molecule has 1 aliphatic carbocycles. The summed E-state index contributed by atoms with van der Waals surface area (Å²) in [7, 11) is 1.32. The molecule has 1 aromatic carbocycles. The predicted molar refractivity (Wildman–Crippen MR) is 99.2 cm³/mol. The van der Waals surface area contributed by atoms with Crippen molar-refractivity contribution in [1.29, 1.82) is 0 Å². The van der Waals surface area contributed by atoms with Crippen molar-refractivity contribution in [3.05, 3.63) is 29.8 Å². The maximum absolute atomic E-state index is 12.3. The van der Waals surface area contributed by atoms with E-state index < -0.39 is 12.6 Å². The van der Waals surface area contributed by atoms with Gasteiger partial charge < -0.3 is 19.5 Å². The highest BCUT2D eigenvalue weighted by molar-refractivity contribution is 5.89. The number of esters is 1. The third-order valence-electron chi connectivity index (χ3n) is 4.47. The van der Waals surface area contributed by atoms with Crippen LogP contribution in [0.25, 0.3) is 6.08 Å². The van der Waals surface area contributed by atoms with Crippen LogP contribution in [0.5, 0.6) is 11.5 Å². The van der Waals surface area contributed by atoms with Crippen LogP contribution in [0.3, 0.4) is 0 Å². The molecule has 1 aliphatic rings. The number of carbonyl (C=O) groups excluding carboxylic acids is 2. The normalized spacial score (nSPS) is 14.9. The Morgan fingerprint density at radius 3 is 2.64 bits per heavy atom. The average molecular weight is 397 g/mol. The number of carbonyl (C=O) groups is 2. The smallest absolute Gasteiger partial charge is 0.387 e. The van der Waals surface area contributed by atoms with Gasteiger partial charge in [-0.1, -0.05) is 25.3 Å². The van der Waals surface area contributed by atoms with E-state index in [1.165, 1.54) is 50.6 Å². The molecule has 0 radical (unpaired) electrons. The van der Waals surface area contributed by atoms with Crippen LogP contribution in [0.4, 0.5) is 8.78 Å². The van der Waals surface area contributed by atoms with Crippen LogP contribution in [0.15, 0.2) is 24.3 Å². The molecular weight excluding hydrogens is 372 g/mol. The largest absolute Gasteiger partial charge is 0.493 e. The molecule has 0 aromatic heterocycles. The summed E-state index contributed by atoms with van der Waals surface area (Å²) >= 11 is 0. The van der Waals surface area contributed by atoms with Crippen molar-refractivity contribution >= 4 is 18.0 Å². The number of alkyl halides is 2. The monoisotopic (exact) mass is 397 g/mol. The number of methoxy groups -OCH3 is 1. The van der Waals surface area contributed by atoms with Gasteiger partial charge in [-0.2, -0.15) is 8.78 Å². The first kappa shape index (κ1) is 21.7. The molecule has 0 heterocycles. The molecule has 1 saturated carbocycles. The Bertz CT molecular complexity index is 687. The number of ether oxygens (including phenoxy) is 3. The number of nitrogens with one attached hydrogen (secondary N) is 1. The first-order valence-corrected chi connectivity index (χ1v) is 9.22. The summed E-state index contributed by atoms with van der Waals surface area (Å²) in [6, 6.07) is 4.24. The average Bonchev–Trinajstić information content (AvgIpc) is 2.70. The van der Waals surface area contributed by atoms with Gasteiger partial charge in [-0.3, -0.25) is 4.79 Å². The van der Waals surface area contributed by atoms with E-state index >= 15 is 0 Å². The Kier molecular flexibility index (Phi) is 8.71. The Morgan fingerprint density at radius 1 is 1.21 bits per heavy atom. The minimum absolute atomic E-state index is 0.105. The van der Waals surface area contributed by atoms with Crippen molar-refractivity contribution in [1.82, 2.24) is 5.32 Å². The van der Waals surface area contributed by atoms with Gasteiger partial charge in [0, 0.05) is 12.6 Å². The standard InChI is InChI=1S/C20H25F2NO5/c1-26-17-11-14(7-9-16(17)28-20(21)22)8-10-19(25)27-13-18(24)23-12-15-5-3-2-4-6-15/h7-11,15,20H,2-6,12-13H2,1H3,(H,23,24). The second-order valence-corrected chi connectivity index (χ2v) is 6.54. The van der Waals surface area contributed by atoms with E-state index in [9.17, 15) is 18.4 Å². The minimum Gasteiger partial charge on any atom is -0.493 e. The Morgan fingerprint density at radius 2 is 1.96 bits per heavy atom. The van der Waals surface area contributed by atoms with Gasteiger partial charge in [-0.05, 0) is 42.5 Å². The van der Waals surface area contributed by atoms with Crippen LogP contribution in [0, 0.1) is 5.92 Å². The molecule has 1 fully saturated rings. The number of hydrogen-bond donors (Lipinski definition) is 1. The molecule has 1 aromatic rings. The SMILES string of the molecule is COc1cc(C=CC(=O)OCC(=O)NCC2CCCCC2)ccc1OC(F)F. The van der Waals surface area contributed by atoms with E-state index in [0.717, 1.165) is 18.9 Å². The van der Waals surface area contributed by atoms with E-state index in [0.29, 0.717) is 18.0 Å². The summed E-state index contributed by atoms with van der Waals surface area (Å²) in [5.41, 5.74) is 0.525. The molecule has 2 rings (SSSR count). The fraction of sp³-hybridized carbons (Fsp3) is 0.500. The first-order chi connectivity index (χ1) is 13.5. The molecule has 154 valence electrons. The molecular formula is C20H25F2NO5. The fourth-order valence-corrected chi connectivity index (χ4v) is 3.03. The van der Waals surface area contributed by atoms with Crippen LogP contribution < -0.4 is 14.8 Å². The quantitative estimate of drug-likeness (QED) is 0.510. The summed E-state index contributed by atoms with van der Waals surface area (Å²) in [6.45, 7) is -2.70. The third kappa shape index (κ3) is 7.54. The fourth-order valence-electron chi connectivity index (χ4n) is 3.03. The van der Waals surface area contributed by atoms with Crippen molar-refractivity contribution < 1.29 is 32.6 Å². The van der Waals surface area contributed by atoms with Gasteiger partial charge in [-0.15, -0.1) is 0 Å². The summed E-state index contributed by atoms with van der Waals surface area (Å²) in [4.78, 5) is 23.5. The zero-order chi connectivity index (χ0) is 20.4. The van der Waals surface area contributed by atoms with E-state index in [2.05, 4.69) is 10.1 Å². The molecule has 6 nitrogen and oxygen atoms in total. The Hall–Kier alpha value is -2.64. The van der Waals surface area contributed by atoms with Crippen molar-refractivity contribution in [3.8, 4) is 11.5 Å². The topological polar surface area (TPSA) is 73.9 Å². The van der Waals surface area contributed by atoms with Gasteiger partial charge in [0.05, 0.1) is 7.11 Å². The first-order valence-electron chi connectivity index (χ1n) is 9.22. The summed E-state index contributed by atoms with van der Waals surface area (Å²) in [6.07, 6.45) is 8.46. The highest BCUT2D eigenvalue weighted by atomic mass is 19.3. The second kappa shape index (κ2) is 11.3. The summed E-state index contributed by atoms with van der Waals surface area (Å²) in [5.74, 6) is -0.507. The maximum Gasteiger partial charge on any atom is 0.387 e. The number of rotatable bonds is 9. The third-order valence-corrected chi connectivity index (χ3v) is 4.47. The van der Waals surface area contributed by atoms with Crippen molar-refractivity contribution in [2.24, 2.45) is 5.92 Å². The van der Waals surface area contributed by atoms with Crippen LogP contribution in [-0.2, 0) is 14.3 Å². The predicted octanol–water partition coefficient (Wildman–Crippen LogP) is 3.55. The Balaban J connectivity index is 1.77. The maximum atomic E-state index is 12.3. The van der Waals surface area contributed by atoms with Crippen molar-refractivity contribution in [2.75, 3.05) is 20.3 Å². The van der Waals surface area contributed by atoms with Crippen LogP contribution in [0.2, 0.25) is 0 Å². The Labute approximate surface area is 162 Å². The second-order valence-electron chi connectivity index (χ2n) is 6.54. The lowest BCUT2D eigenvalue weighted by molar-refractivity contribution is -0.143. The minimum atomic E-state index is -2.96. The zero-order valence-corrected chi connectivity index (χ0v) is 15.8. The van der Waals surface area contributed by atoms with E-state index in [1.54, 1.807) is 0 Å². The molecule has 8 heteroatoms. The molecule has 0 saturated heterocycles. The van der Waals surface area contributed by atoms with Gasteiger partial charge in [0.1, 0.15) is 0 Å². The van der Waals surface area contributed by atoms with E-state index in [1.807, 2.05) is 0 Å². The van der Waals surface area contributed by atoms with Gasteiger partial charge in [0.25, 0.3) is 5.91 Å². The zero-order valence-electron chi connectivity index (χ0n) is 15.8. The number of halogens is 2. The molecule has 1 amide bonds. The molecule has 0 aliphatic heterocycles. The van der Waals surface area contributed by atoms with E-state index in [-0.39, 0.29) is 24.0 Å². The lowest BCUT2D eigenvalue weighted by Gasteiger charge is -2.21. The molecule has 28 heavy (non-hydrogen) atoms. The lowest BCUT2D eigenvalue weighted by atomic mass is 9.89. The molecule has 0 spiro atoms. The van der Waals surface area contributed by atoms with Crippen LogP contribution in [-0.4, -0.2) is 38.7 Å². The molecule has 1 N–H and O–H groups in total.